The molecule has 0 spiro atoms. The van der Waals surface area contributed by atoms with Crippen molar-refractivity contribution in [3.63, 3.8) is 0 Å². The van der Waals surface area contributed by atoms with Crippen LogP contribution in [0.25, 0.3) is 0 Å². The van der Waals surface area contributed by atoms with Crippen LogP contribution in [0.4, 0.5) is 4.79 Å². The number of allylic oxidation sites excluding steroid dienone is 2. The predicted octanol–water partition coefficient (Wildman–Crippen LogP) is 3.10. The molecule has 1 aliphatic heterocycles. The molecule has 0 aromatic heterocycles. The van der Waals surface area contributed by atoms with Crippen LogP contribution in [0.3, 0.4) is 0 Å². The molecule has 3 unspecified atom stereocenters. The average molecular weight is 542 g/mol. The Morgan fingerprint density at radius 1 is 1.03 bits per heavy atom. The first-order chi connectivity index (χ1) is 18.0. The molecule has 2 aromatic carbocycles. The summed E-state index contributed by atoms with van der Waals surface area (Å²) in [6.45, 7) is 5.13. The van der Waals surface area contributed by atoms with E-state index in [2.05, 4.69) is 10.6 Å². The van der Waals surface area contributed by atoms with Crippen LogP contribution in [0.1, 0.15) is 31.9 Å². The normalized spacial score (nSPS) is 19.3. The third kappa shape index (κ3) is 7.77. The first-order valence-electron chi connectivity index (χ1n) is 12.3. The van der Waals surface area contributed by atoms with Gasteiger partial charge in [-0.05, 0) is 50.5 Å². The van der Waals surface area contributed by atoms with E-state index in [1.165, 1.54) is 23.3 Å². The molecule has 10 heteroatoms. The molecule has 0 radical (unpaired) electrons. The van der Waals surface area contributed by atoms with Gasteiger partial charge in [0, 0.05) is 18.3 Å². The number of ether oxygens (including phenoxy) is 1. The predicted molar refractivity (Wildman–Crippen MR) is 146 cm³/mol. The number of carbonyl (C=O) groups excluding carboxylic acids is 2. The number of hydrogen-bond acceptors (Lipinski definition) is 6. The highest BCUT2D eigenvalue weighted by Crippen LogP contribution is 2.27. The van der Waals surface area contributed by atoms with Crippen molar-refractivity contribution in [2.24, 2.45) is 0 Å². The molecule has 2 amide bonds. The van der Waals surface area contributed by atoms with Crippen molar-refractivity contribution < 1.29 is 28.2 Å². The van der Waals surface area contributed by atoms with Crippen molar-refractivity contribution in [1.29, 1.82) is 0 Å². The average Bonchev–Trinajstić information content (AvgIpc) is 2.87. The first-order valence-corrected chi connectivity index (χ1v) is 13.4. The van der Waals surface area contributed by atoms with Gasteiger partial charge in [0.2, 0.25) is 4.87 Å². The van der Waals surface area contributed by atoms with E-state index < -0.39 is 45.6 Å². The zero-order valence-electron chi connectivity index (χ0n) is 21.7. The maximum atomic E-state index is 13.3. The van der Waals surface area contributed by atoms with E-state index in [1.54, 1.807) is 26.8 Å². The first kappa shape index (κ1) is 29.1. The molecular formula is C28H35N3O6S. The largest absolute Gasteiger partial charge is 0.445 e. The number of amides is 2. The summed E-state index contributed by atoms with van der Waals surface area (Å²) < 4.78 is 28.3. The molecular weight excluding hydrogens is 506 g/mol. The Morgan fingerprint density at radius 3 is 2.21 bits per heavy atom. The minimum Gasteiger partial charge on any atom is -0.445 e. The standard InChI is InChI=1S/C28H35N3O6S/c1-27(2,3)30-25(33)28(38(35)36)16-10-11-17-31(28)19-24(32)23(18-21-12-6-4-7-13-21)29-26(34)37-20-22-14-8-5-9-15-22/h4-17,23-24,32H,18-20H2,1-3H3,(H,29,34)(H,30,33)(H,35,36)/t23?,24?,28-/m0/s1. The molecule has 3 rings (SSSR count). The molecule has 1 aliphatic rings. The summed E-state index contributed by atoms with van der Waals surface area (Å²) in [5.41, 5.74) is 1.01. The Balaban J connectivity index is 1.80. The minimum absolute atomic E-state index is 0.0556. The number of β-amino-alcohol motifs (C(OH)–C–C–N with tert-alkyl or cyclic N) is 1. The second-order valence-electron chi connectivity index (χ2n) is 10.1. The Hall–Kier alpha value is -3.47. The number of rotatable bonds is 10. The second kappa shape index (κ2) is 12.9. The Labute approximate surface area is 225 Å². The summed E-state index contributed by atoms with van der Waals surface area (Å²) in [6.07, 6.45) is 4.25. The van der Waals surface area contributed by atoms with E-state index in [-0.39, 0.29) is 19.6 Å². The molecule has 0 fully saturated rings. The molecule has 0 saturated carbocycles. The number of carbonyl (C=O) groups is 2. The van der Waals surface area contributed by atoms with E-state index in [9.17, 15) is 23.5 Å². The van der Waals surface area contributed by atoms with Crippen molar-refractivity contribution in [2.75, 3.05) is 6.54 Å². The zero-order valence-corrected chi connectivity index (χ0v) is 22.6. The summed E-state index contributed by atoms with van der Waals surface area (Å²) in [5.74, 6) is -0.687. The van der Waals surface area contributed by atoms with Gasteiger partial charge < -0.3 is 29.9 Å². The smallest absolute Gasteiger partial charge is 0.407 e. The lowest BCUT2D eigenvalue weighted by molar-refractivity contribution is -0.127. The van der Waals surface area contributed by atoms with Gasteiger partial charge in [-0.2, -0.15) is 0 Å². The van der Waals surface area contributed by atoms with Crippen molar-refractivity contribution in [1.82, 2.24) is 15.5 Å². The fourth-order valence-electron chi connectivity index (χ4n) is 4.01. The van der Waals surface area contributed by atoms with Gasteiger partial charge in [-0.1, -0.05) is 66.7 Å². The van der Waals surface area contributed by atoms with Crippen LogP contribution in [0.15, 0.2) is 85.1 Å². The SMILES string of the molecule is CC(C)(C)NC(=O)[C@@]1(S(=O)O)C=CC=CN1CC(O)C(Cc1ccccc1)NC(=O)OCc1ccccc1. The molecule has 0 saturated heterocycles. The number of benzene rings is 2. The summed E-state index contributed by atoms with van der Waals surface area (Å²) in [4.78, 5) is 25.3. The van der Waals surface area contributed by atoms with Crippen LogP contribution in [-0.4, -0.2) is 59.9 Å². The molecule has 204 valence electrons. The van der Waals surface area contributed by atoms with Crippen molar-refractivity contribution in [2.45, 2.75) is 56.4 Å². The van der Waals surface area contributed by atoms with Crippen LogP contribution in [0, 0.1) is 0 Å². The van der Waals surface area contributed by atoms with Crippen LogP contribution in [-0.2, 0) is 33.6 Å². The van der Waals surface area contributed by atoms with Gasteiger partial charge in [0.15, 0.2) is 11.1 Å². The number of hydrogen-bond donors (Lipinski definition) is 4. The fourth-order valence-corrected chi connectivity index (χ4v) is 4.75. The lowest BCUT2D eigenvalue weighted by Crippen LogP contribution is -2.64. The molecule has 4 N–H and O–H groups in total. The lowest BCUT2D eigenvalue weighted by atomic mass is 9.99. The van der Waals surface area contributed by atoms with Gasteiger partial charge in [-0.3, -0.25) is 4.79 Å². The third-order valence-corrected chi connectivity index (χ3v) is 6.96. The van der Waals surface area contributed by atoms with Gasteiger partial charge in [0.1, 0.15) is 6.61 Å². The molecule has 38 heavy (non-hydrogen) atoms. The van der Waals surface area contributed by atoms with Gasteiger partial charge >= 0.3 is 6.09 Å². The summed E-state index contributed by atoms with van der Waals surface area (Å²) >= 11 is -2.66. The van der Waals surface area contributed by atoms with Crippen LogP contribution in [0.2, 0.25) is 0 Å². The molecule has 2 aromatic rings. The van der Waals surface area contributed by atoms with Crippen molar-refractivity contribution in [3.8, 4) is 0 Å². The maximum absolute atomic E-state index is 13.3. The van der Waals surface area contributed by atoms with Gasteiger partial charge in [0.05, 0.1) is 12.1 Å². The van der Waals surface area contributed by atoms with Crippen LogP contribution in [0.5, 0.6) is 0 Å². The zero-order chi connectivity index (χ0) is 27.8. The van der Waals surface area contributed by atoms with E-state index in [4.69, 9.17) is 4.74 Å². The quantitative estimate of drug-likeness (QED) is 0.340. The van der Waals surface area contributed by atoms with Crippen LogP contribution >= 0.6 is 0 Å². The van der Waals surface area contributed by atoms with E-state index in [0.717, 1.165) is 11.1 Å². The highest BCUT2D eigenvalue weighted by atomic mass is 32.2. The molecule has 0 bridgehead atoms. The molecule has 4 atom stereocenters. The highest BCUT2D eigenvalue weighted by molar-refractivity contribution is 7.81. The maximum Gasteiger partial charge on any atom is 0.407 e. The summed E-state index contributed by atoms with van der Waals surface area (Å²) in [7, 11) is 0. The molecule has 9 nitrogen and oxygen atoms in total. The number of nitrogens with one attached hydrogen (secondary N) is 2. The number of aliphatic hydroxyl groups excluding tert-OH is 1. The monoisotopic (exact) mass is 541 g/mol. The number of nitrogens with zero attached hydrogens (tertiary/aromatic N) is 1. The second-order valence-corrected chi connectivity index (χ2v) is 11.2. The number of aliphatic hydroxyl groups is 1. The van der Waals surface area contributed by atoms with Gasteiger partial charge in [-0.15, -0.1) is 0 Å². The summed E-state index contributed by atoms with van der Waals surface area (Å²) in [6, 6.07) is 17.7. The fraction of sp³-hybridized carbons (Fsp3) is 0.357. The highest BCUT2D eigenvalue weighted by Gasteiger charge is 2.49. The molecule has 0 aliphatic carbocycles. The van der Waals surface area contributed by atoms with Gasteiger partial charge in [0.25, 0.3) is 5.91 Å². The topological polar surface area (TPSA) is 128 Å². The van der Waals surface area contributed by atoms with E-state index in [0.29, 0.717) is 0 Å². The minimum atomic E-state index is -2.66. The van der Waals surface area contributed by atoms with Crippen molar-refractivity contribution in [3.05, 3.63) is 96.2 Å². The Morgan fingerprint density at radius 2 is 1.63 bits per heavy atom. The van der Waals surface area contributed by atoms with E-state index >= 15 is 0 Å². The molecule has 1 heterocycles. The van der Waals surface area contributed by atoms with E-state index in [1.807, 2.05) is 60.7 Å². The Bertz CT molecular complexity index is 1170. The Kier molecular flexibility index (Phi) is 9.84. The van der Waals surface area contributed by atoms with Crippen molar-refractivity contribution >= 4 is 23.1 Å². The van der Waals surface area contributed by atoms with Crippen LogP contribution < -0.4 is 10.6 Å². The third-order valence-electron chi connectivity index (χ3n) is 5.87. The number of alkyl carbamates (subject to hydrolysis) is 1. The lowest BCUT2D eigenvalue weighted by Gasteiger charge is -2.41. The van der Waals surface area contributed by atoms with Gasteiger partial charge in [-0.25, -0.2) is 9.00 Å². The summed E-state index contributed by atoms with van der Waals surface area (Å²) in [5, 5.41) is 16.8.